The molecule has 0 aliphatic carbocycles. The van der Waals surface area contributed by atoms with Crippen LogP contribution in [0.4, 0.5) is 10.1 Å². The zero-order chi connectivity index (χ0) is 23.5. The number of benzene rings is 3. The number of sulfonamides is 1. The molecule has 3 aromatic carbocycles. The number of rotatable bonds is 8. The number of nitrogens with one attached hydrogen (secondary N) is 1. The van der Waals surface area contributed by atoms with Crippen molar-refractivity contribution < 1.29 is 40.0 Å². The molecule has 0 bridgehead atoms. The summed E-state index contributed by atoms with van der Waals surface area (Å²) in [4.78, 5) is 10.8. The molecule has 0 fully saturated rings. The van der Waals surface area contributed by atoms with Gasteiger partial charge in [-0.3, -0.25) is 4.72 Å². The summed E-state index contributed by atoms with van der Waals surface area (Å²) in [5, 5.41) is 9.47. The molecule has 3 rings (SSSR count). The van der Waals surface area contributed by atoms with Gasteiger partial charge in [0.05, 0.1) is 17.7 Å². The number of anilines is 1. The van der Waals surface area contributed by atoms with Gasteiger partial charge in [0.15, 0.2) is 5.75 Å². The fourth-order valence-corrected chi connectivity index (χ4v) is 4.66. The molecule has 0 aliphatic heterocycles. The number of aromatic carboxylic acids is 1. The number of halogens is 1. The second kappa shape index (κ2) is 8.85. The number of carboxylic acids is 1. The lowest BCUT2D eigenvalue weighted by atomic mass is 10.2. The molecule has 12 heteroatoms. The van der Waals surface area contributed by atoms with Crippen molar-refractivity contribution in [1.82, 2.24) is 0 Å². The van der Waals surface area contributed by atoms with E-state index in [2.05, 4.69) is 4.72 Å². The Morgan fingerprint density at radius 3 is 2.16 bits per heavy atom. The van der Waals surface area contributed by atoms with E-state index in [-0.39, 0.29) is 11.4 Å². The van der Waals surface area contributed by atoms with Crippen LogP contribution in [0.5, 0.6) is 11.5 Å². The second-order valence-electron chi connectivity index (χ2n) is 6.26. The Kier molecular flexibility index (Phi) is 6.37. The normalized spacial score (nSPS) is 11.6. The fraction of sp³-hybridized carbons (Fsp3) is 0.0500. The standard InChI is InChI=1S/C20H16FNO8S2/c1-29-19-5-3-2-4-17(19)22-31(25,26)15-10-11-18(16(12-15)20(23)24)30-32(27,28)14-8-6-13(21)7-9-14/h2-12,22H,1H3,(H,23,24). The van der Waals surface area contributed by atoms with Gasteiger partial charge in [-0.1, -0.05) is 12.1 Å². The molecule has 168 valence electrons. The predicted octanol–water partition coefficient (Wildman–Crippen LogP) is 3.10. The highest BCUT2D eigenvalue weighted by atomic mass is 32.2. The van der Waals surface area contributed by atoms with E-state index in [4.69, 9.17) is 8.92 Å². The highest BCUT2D eigenvalue weighted by Crippen LogP contribution is 2.29. The van der Waals surface area contributed by atoms with Gasteiger partial charge >= 0.3 is 16.1 Å². The summed E-state index contributed by atoms with van der Waals surface area (Å²) in [5.74, 6) is -2.67. The molecule has 0 saturated carbocycles. The highest BCUT2D eigenvalue weighted by Gasteiger charge is 2.25. The lowest BCUT2D eigenvalue weighted by Gasteiger charge is -2.13. The van der Waals surface area contributed by atoms with Crippen LogP contribution < -0.4 is 13.6 Å². The van der Waals surface area contributed by atoms with E-state index in [0.29, 0.717) is 0 Å². The van der Waals surface area contributed by atoms with Crippen molar-refractivity contribution in [1.29, 1.82) is 0 Å². The summed E-state index contributed by atoms with van der Waals surface area (Å²) >= 11 is 0. The fourth-order valence-electron chi connectivity index (χ4n) is 2.62. The summed E-state index contributed by atoms with van der Waals surface area (Å²) in [6.45, 7) is 0. The van der Waals surface area contributed by atoms with E-state index >= 15 is 0 Å². The minimum Gasteiger partial charge on any atom is -0.495 e. The molecule has 3 aromatic rings. The Balaban J connectivity index is 1.97. The summed E-state index contributed by atoms with van der Waals surface area (Å²) in [6, 6.07) is 12.5. The average Bonchev–Trinajstić information content (AvgIpc) is 2.74. The van der Waals surface area contributed by atoms with Gasteiger partial charge in [0.1, 0.15) is 22.0 Å². The van der Waals surface area contributed by atoms with Crippen LogP contribution in [0, 0.1) is 5.82 Å². The summed E-state index contributed by atoms with van der Waals surface area (Å²) in [6.07, 6.45) is 0. The smallest absolute Gasteiger partial charge is 0.339 e. The molecular weight excluding hydrogens is 465 g/mol. The topological polar surface area (TPSA) is 136 Å². The van der Waals surface area contributed by atoms with Crippen molar-refractivity contribution >= 4 is 31.8 Å². The number of ether oxygens (including phenoxy) is 1. The SMILES string of the molecule is COc1ccccc1NS(=O)(=O)c1ccc(OS(=O)(=O)c2ccc(F)cc2)c(C(=O)O)c1. The van der Waals surface area contributed by atoms with E-state index in [9.17, 15) is 31.1 Å². The van der Waals surface area contributed by atoms with E-state index in [1.165, 1.54) is 19.2 Å². The van der Waals surface area contributed by atoms with Crippen molar-refractivity contribution in [3.8, 4) is 11.5 Å². The molecule has 0 saturated heterocycles. The summed E-state index contributed by atoms with van der Waals surface area (Å²) < 4.78 is 75.6. The number of hydrogen-bond acceptors (Lipinski definition) is 7. The van der Waals surface area contributed by atoms with Crippen LogP contribution in [0.2, 0.25) is 0 Å². The van der Waals surface area contributed by atoms with Gasteiger partial charge in [-0.25, -0.2) is 17.6 Å². The quantitative estimate of drug-likeness (QED) is 0.469. The summed E-state index contributed by atoms with van der Waals surface area (Å²) in [5.41, 5.74) is -0.593. The van der Waals surface area contributed by atoms with Crippen LogP contribution in [0.1, 0.15) is 10.4 Å². The monoisotopic (exact) mass is 481 g/mol. The van der Waals surface area contributed by atoms with Gasteiger partial charge in [0.2, 0.25) is 0 Å². The van der Waals surface area contributed by atoms with Crippen LogP contribution in [0.15, 0.2) is 76.5 Å². The summed E-state index contributed by atoms with van der Waals surface area (Å²) in [7, 11) is -7.41. The van der Waals surface area contributed by atoms with Gasteiger partial charge in [-0.05, 0) is 54.6 Å². The number of para-hydroxylation sites is 2. The van der Waals surface area contributed by atoms with Gasteiger partial charge in [0, 0.05) is 0 Å². The Labute approximate surface area is 183 Å². The molecule has 0 spiro atoms. The highest BCUT2D eigenvalue weighted by molar-refractivity contribution is 7.92. The third-order valence-corrected chi connectivity index (χ3v) is 6.76. The minimum absolute atomic E-state index is 0.117. The van der Waals surface area contributed by atoms with Gasteiger partial charge in [-0.15, -0.1) is 0 Å². The minimum atomic E-state index is -4.50. The molecule has 0 atom stereocenters. The molecule has 32 heavy (non-hydrogen) atoms. The molecule has 0 unspecified atom stereocenters. The van der Waals surface area contributed by atoms with Crippen LogP contribution in [-0.2, 0) is 20.1 Å². The van der Waals surface area contributed by atoms with Crippen LogP contribution >= 0.6 is 0 Å². The molecule has 0 heterocycles. The number of carbonyl (C=O) groups is 1. The zero-order valence-corrected chi connectivity index (χ0v) is 18.0. The zero-order valence-electron chi connectivity index (χ0n) is 16.4. The van der Waals surface area contributed by atoms with Crippen molar-refractivity contribution in [2.75, 3.05) is 11.8 Å². The van der Waals surface area contributed by atoms with Gasteiger partial charge in [-0.2, -0.15) is 8.42 Å². The Morgan fingerprint density at radius 1 is 0.906 bits per heavy atom. The second-order valence-corrected chi connectivity index (χ2v) is 9.49. The van der Waals surface area contributed by atoms with Crippen molar-refractivity contribution in [2.45, 2.75) is 9.79 Å². The molecular formula is C20H16FNO8S2. The molecule has 9 nitrogen and oxygen atoms in total. The van der Waals surface area contributed by atoms with Gasteiger partial charge < -0.3 is 14.0 Å². The van der Waals surface area contributed by atoms with E-state index in [0.717, 1.165) is 42.5 Å². The lowest BCUT2D eigenvalue weighted by Crippen LogP contribution is -2.16. The van der Waals surface area contributed by atoms with E-state index in [1.54, 1.807) is 12.1 Å². The maximum absolute atomic E-state index is 13.0. The Bertz CT molecular complexity index is 1370. The third kappa shape index (κ3) is 4.98. The first kappa shape index (κ1) is 23.0. The number of hydrogen-bond donors (Lipinski definition) is 2. The first-order valence-electron chi connectivity index (χ1n) is 8.77. The van der Waals surface area contributed by atoms with E-state index in [1.807, 2.05) is 0 Å². The maximum Gasteiger partial charge on any atom is 0.339 e. The lowest BCUT2D eigenvalue weighted by molar-refractivity contribution is 0.0695. The first-order valence-corrected chi connectivity index (χ1v) is 11.7. The predicted molar refractivity (Wildman–Crippen MR) is 111 cm³/mol. The average molecular weight is 481 g/mol. The van der Waals surface area contributed by atoms with Crippen LogP contribution in [0.25, 0.3) is 0 Å². The Morgan fingerprint density at radius 2 is 1.53 bits per heavy atom. The number of carboxylic acid groups (broad SMARTS) is 1. The van der Waals surface area contributed by atoms with Crippen molar-refractivity contribution in [3.05, 3.63) is 78.1 Å². The molecule has 0 radical (unpaired) electrons. The molecule has 0 aliphatic rings. The van der Waals surface area contributed by atoms with Crippen molar-refractivity contribution in [3.63, 3.8) is 0 Å². The van der Waals surface area contributed by atoms with Gasteiger partial charge in [0.25, 0.3) is 10.0 Å². The Hall–Kier alpha value is -3.64. The van der Waals surface area contributed by atoms with Crippen molar-refractivity contribution in [2.24, 2.45) is 0 Å². The van der Waals surface area contributed by atoms with Crippen LogP contribution in [0.3, 0.4) is 0 Å². The first-order chi connectivity index (χ1) is 15.0. The molecule has 0 aromatic heterocycles. The maximum atomic E-state index is 13.0. The van der Waals surface area contributed by atoms with Crippen LogP contribution in [-0.4, -0.2) is 35.0 Å². The molecule has 0 amide bonds. The largest absolute Gasteiger partial charge is 0.495 e. The number of methoxy groups -OCH3 is 1. The third-order valence-electron chi connectivity index (χ3n) is 4.14. The van der Waals surface area contributed by atoms with E-state index < -0.39 is 53.0 Å². The molecule has 2 N–H and O–H groups in total.